The number of carbonyl (C=O) groups is 1. The molecule has 1 heterocycles. The Morgan fingerprint density at radius 2 is 1.95 bits per heavy atom. The number of amides is 1. The Morgan fingerprint density at radius 1 is 1.14 bits per heavy atom. The number of carbonyl (C=O) groups excluding carboxylic acids is 1. The lowest BCUT2D eigenvalue weighted by Gasteiger charge is -2.28. The summed E-state index contributed by atoms with van der Waals surface area (Å²) in [5, 5.41) is 2.92. The molecule has 1 atom stereocenters. The summed E-state index contributed by atoms with van der Waals surface area (Å²) in [6.45, 7) is 2.05. The number of aryl methyl sites for hydroxylation is 1. The summed E-state index contributed by atoms with van der Waals surface area (Å²) in [5.74, 6) is 1.40. The number of fused-ring (bicyclic) bond motifs is 1. The molecule has 4 heteroatoms. The Morgan fingerprint density at radius 3 is 2.64 bits per heavy atom. The highest BCUT2D eigenvalue weighted by Crippen LogP contribution is 2.44. The summed E-state index contributed by atoms with van der Waals surface area (Å²) < 4.78 is 10.8. The number of hydrogen-bond donors (Lipinski definition) is 1. The lowest BCUT2D eigenvalue weighted by molar-refractivity contribution is -0.116. The average Bonchev–Trinajstić information content (AvgIpc) is 2.52. The number of benzene rings is 2. The molecule has 0 fully saturated rings. The Labute approximate surface area is 130 Å². The first kappa shape index (κ1) is 14.4. The minimum absolute atomic E-state index is 0.00862. The van der Waals surface area contributed by atoms with E-state index in [9.17, 15) is 4.79 Å². The van der Waals surface area contributed by atoms with Crippen molar-refractivity contribution < 1.29 is 14.3 Å². The van der Waals surface area contributed by atoms with Crippen LogP contribution in [0.25, 0.3) is 0 Å². The van der Waals surface area contributed by atoms with Crippen LogP contribution in [0.3, 0.4) is 0 Å². The molecule has 0 saturated heterocycles. The van der Waals surface area contributed by atoms with Gasteiger partial charge < -0.3 is 14.8 Å². The summed E-state index contributed by atoms with van der Waals surface area (Å²) in [6.07, 6.45) is 0.416. The minimum atomic E-state index is -0.00972. The minimum Gasteiger partial charge on any atom is -0.497 e. The maximum absolute atomic E-state index is 12.1. The molecule has 2 aromatic rings. The lowest BCUT2D eigenvalue weighted by Crippen LogP contribution is -2.24. The Hall–Kier alpha value is -2.49. The normalized spacial score (nSPS) is 16.7. The third kappa shape index (κ3) is 2.52. The molecule has 1 aliphatic heterocycles. The Kier molecular flexibility index (Phi) is 3.75. The Balaban J connectivity index is 2.18. The van der Waals surface area contributed by atoms with Crippen molar-refractivity contribution in [3.05, 3.63) is 53.1 Å². The van der Waals surface area contributed by atoms with E-state index in [2.05, 4.69) is 30.4 Å². The Bertz CT molecular complexity index is 724. The summed E-state index contributed by atoms with van der Waals surface area (Å²) in [7, 11) is 3.24. The van der Waals surface area contributed by atoms with Gasteiger partial charge in [-0.15, -0.1) is 0 Å². The van der Waals surface area contributed by atoms with Crippen LogP contribution in [0, 0.1) is 6.92 Å². The summed E-state index contributed by atoms with van der Waals surface area (Å²) >= 11 is 0. The van der Waals surface area contributed by atoms with Crippen molar-refractivity contribution >= 4 is 11.6 Å². The predicted octanol–water partition coefficient (Wildman–Crippen LogP) is 3.49. The van der Waals surface area contributed by atoms with E-state index in [0.717, 1.165) is 22.6 Å². The highest BCUT2D eigenvalue weighted by molar-refractivity contribution is 5.96. The van der Waals surface area contributed by atoms with Crippen molar-refractivity contribution in [1.29, 1.82) is 0 Å². The zero-order chi connectivity index (χ0) is 15.7. The van der Waals surface area contributed by atoms with Crippen LogP contribution in [-0.4, -0.2) is 20.1 Å². The van der Waals surface area contributed by atoms with Crippen molar-refractivity contribution in [3.63, 3.8) is 0 Å². The number of ether oxygens (including phenoxy) is 2. The van der Waals surface area contributed by atoms with E-state index in [4.69, 9.17) is 9.47 Å². The second-order valence-corrected chi connectivity index (χ2v) is 5.51. The molecular formula is C18H19NO3. The van der Waals surface area contributed by atoms with Crippen LogP contribution in [0.15, 0.2) is 36.4 Å². The van der Waals surface area contributed by atoms with E-state index in [-0.39, 0.29) is 11.8 Å². The molecular weight excluding hydrogens is 278 g/mol. The van der Waals surface area contributed by atoms with Crippen LogP contribution in [-0.2, 0) is 4.79 Å². The van der Waals surface area contributed by atoms with Gasteiger partial charge in [0.15, 0.2) is 0 Å². The average molecular weight is 297 g/mol. The van der Waals surface area contributed by atoms with Gasteiger partial charge >= 0.3 is 0 Å². The van der Waals surface area contributed by atoms with E-state index in [1.54, 1.807) is 14.2 Å². The number of rotatable bonds is 3. The van der Waals surface area contributed by atoms with Crippen LogP contribution < -0.4 is 14.8 Å². The molecule has 1 N–H and O–H groups in total. The van der Waals surface area contributed by atoms with Gasteiger partial charge in [-0.3, -0.25) is 4.79 Å². The molecule has 22 heavy (non-hydrogen) atoms. The van der Waals surface area contributed by atoms with Gasteiger partial charge in [0.05, 0.1) is 19.9 Å². The number of nitrogens with one attached hydrogen (secondary N) is 1. The van der Waals surface area contributed by atoms with Gasteiger partial charge in [0.25, 0.3) is 0 Å². The van der Waals surface area contributed by atoms with E-state index >= 15 is 0 Å². The third-order valence-corrected chi connectivity index (χ3v) is 4.03. The van der Waals surface area contributed by atoms with Crippen LogP contribution in [0.5, 0.6) is 11.5 Å². The zero-order valence-corrected chi connectivity index (χ0v) is 13.0. The first-order valence-electron chi connectivity index (χ1n) is 7.24. The van der Waals surface area contributed by atoms with Crippen LogP contribution >= 0.6 is 0 Å². The fourth-order valence-electron chi connectivity index (χ4n) is 3.01. The first-order chi connectivity index (χ1) is 10.6. The highest BCUT2D eigenvalue weighted by Gasteiger charge is 2.30. The fraction of sp³-hybridized carbons (Fsp3) is 0.278. The van der Waals surface area contributed by atoms with E-state index in [0.29, 0.717) is 12.2 Å². The molecule has 0 radical (unpaired) electrons. The van der Waals surface area contributed by atoms with Crippen LogP contribution in [0.2, 0.25) is 0 Å². The molecule has 114 valence electrons. The summed E-state index contributed by atoms with van der Waals surface area (Å²) in [5.41, 5.74) is 4.07. The zero-order valence-electron chi connectivity index (χ0n) is 13.0. The van der Waals surface area contributed by atoms with Gasteiger partial charge in [-0.25, -0.2) is 0 Å². The van der Waals surface area contributed by atoms with Gasteiger partial charge in [-0.1, -0.05) is 29.8 Å². The van der Waals surface area contributed by atoms with Crippen molar-refractivity contribution in [1.82, 2.24) is 0 Å². The molecule has 0 saturated carbocycles. The molecule has 1 aliphatic rings. The molecule has 1 amide bonds. The molecule has 0 unspecified atom stereocenters. The van der Waals surface area contributed by atoms with Gasteiger partial charge in [-0.2, -0.15) is 0 Å². The van der Waals surface area contributed by atoms with Gasteiger partial charge in [0.2, 0.25) is 5.91 Å². The molecule has 4 nitrogen and oxygen atoms in total. The van der Waals surface area contributed by atoms with E-state index in [1.807, 2.05) is 18.2 Å². The fourth-order valence-corrected chi connectivity index (χ4v) is 3.01. The van der Waals surface area contributed by atoms with Crippen LogP contribution in [0.4, 0.5) is 5.69 Å². The van der Waals surface area contributed by atoms with Gasteiger partial charge in [-0.05, 0) is 12.5 Å². The summed E-state index contributed by atoms with van der Waals surface area (Å²) in [4.78, 5) is 12.1. The van der Waals surface area contributed by atoms with E-state index < -0.39 is 0 Å². The third-order valence-electron chi connectivity index (χ3n) is 4.03. The second kappa shape index (κ2) is 5.72. The maximum atomic E-state index is 12.1. The largest absolute Gasteiger partial charge is 0.497 e. The lowest BCUT2D eigenvalue weighted by atomic mass is 9.83. The second-order valence-electron chi connectivity index (χ2n) is 5.51. The van der Waals surface area contributed by atoms with Crippen molar-refractivity contribution in [2.75, 3.05) is 19.5 Å². The molecule has 0 aromatic heterocycles. The maximum Gasteiger partial charge on any atom is 0.225 e. The molecule has 0 spiro atoms. The van der Waals surface area contributed by atoms with Crippen molar-refractivity contribution in [3.8, 4) is 11.5 Å². The predicted molar refractivity (Wildman–Crippen MR) is 85.8 cm³/mol. The monoisotopic (exact) mass is 297 g/mol. The SMILES string of the molecule is COc1cc2c(c(OC)c1)[C@@H](c1cccc(C)c1)CC(=O)N2. The van der Waals surface area contributed by atoms with Crippen molar-refractivity contribution in [2.45, 2.75) is 19.3 Å². The van der Waals surface area contributed by atoms with Gasteiger partial charge in [0.1, 0.15) is 11.5 Å². The summed E-state index contributed by atoms with van der Waals surface area (Å²) in [6, 6.07) is 12.0. The first-order valence-corrected chi connectivity index (χ1v) is 7.24. The molecule has 0 bridgehead atoms. The topological polar surface area (TPSA) is 47.6 Å². The number of methoxy groups -OCH3 is 2. The molecule has 2 aromatic carbocycles. The standard InChI is InChI=1S/C18H19NO3/c1-11-5-4-6-12(7-11)14-10-17(20)19-15-8-13(21-2)9-16(22-3)18(14)15/h4-9,14H,10H2,1-3H3,(H,19,20)/t14-/m1/s1. The quantitative estimate of drug-likeness (QED) is 0.943. The van der Waals surface area contributed by atoms with Gasteiger partial charge in [0, 0.05) is 30.0 Å². The van der Waals surface area contributed by atoms with Crippen molar-refractivity contribution in [2.24, 2.45) is 0 Å². The highest BCUT2D eigenvalue weighted by atomic mass is 16.5. The smallest absolute Gasteiger partial charge is 0.225 e. The molecule has 0 aliphatic carbocycles. The number of hydrogen-bond acceptors (Lipinski definition) is 3. The van der Waals surface area contributed by atoms with E-state index in [1.165, 1.54) is 5.56 Å². The molecule has 3 rings (SSSR count). The van der Waals surface area contributed by atoms with Crippen LogP contribution in [0.1, 0.15) is 29.0 Å². The number of anilines is 1.